The van der Waals surface area contributed by atoms with Gasteiger partial charge in [0.25, 0.3) is 0 Å². The summed E-state index contributed by atoms with van der Waals surface area (Å²) in [7, 11) is 0. The van der Waals surface area contributed by atoms with Gasteiger partial charge in [0.15, 0.2) is 5.82 Å². The molecule has 2 atom stereocenters. The van der Waals surface area contributed by atoms with Crippen LogP contribution in [0.3, 0.4) is 0 Å². The van der Waals surface area contributed by atoms with Gasteiger partial charge >= 0.3 is 0 Å². The maximum absolute atomic E-state index is 10.5. The Morgan fingerprint density at radius 2 is 2.29 bits per heavy atom. The van der Waals surface area contributed by atoms with E-state index in [-0.39, 0.29) is 5.92 Å². The lowest BCUT2D eigenvalue weighted by atomic mass is 9.77. The van der Waals surface area contributed by atoms with E-state index >= 15 is 0 Å². The minimum atomic E-state index is -0.640. The average molecular weight is 238 g/mol. The Morgan fingerprint density at radius 1 is 1.53 bits per heavy atom. The van der Waals surface area contributed by atoms with Crippen molar-refractivity contribution >= 4 is 0 Å². The van der Waals surface area contributed by atoms with E-state index in [9.17, 15) is 5.11 Å². The van der Waals surface area contributed by atoms with E-state index in [0.29, 0.717) is 18.2 Å². The SMILES string of the molecule is CC1CCCC(O)(Cc2nc(C(C)C)no2)C1. The normalized spacial score (nSPS) is 29.8. The van der Waals surface area contributed by atoms with Crippen LogP contribution in [0.15, 0.2) is 4.52 Å². The summed E-state index contributed by atoms with van der Waals surface area (Å²) < 4.78 is 5.21. The van der Waals surface area contributed by atoms with E-state index in [1.807, 2.05) is 13.8 Å². The number of nitrogens with zero attached hydrogens (tertiary/aromatic N) is 2. The summed E-state index contributed by atoms with van der Waals surface area (Å²) in [6.45, 7) is 6.26. The molecule has 0 radical (unpaired) electrons. The molecule has 1 aliphatic rings. The summed E-state index contributed by atoms with van der Waals surface area (Å²) >= 11 is 0. The number of aliphatic hydroxyl groups is 1. The predicted molar refractivity (Wildman–Crippen MR) is 64.7 cm³/mol. The highest BCUT2D eigenvalue weighted by atomic mass is 16.5. The molecule has 17 heavy (non-hydrogen) atoms. The molecule has 1 N–H and O–H groups in total. The first-order valence-corrected chi connectivity index (χ1v) is 6.53. The molecule has 0 aromatic carbocycles. The molecule has 0 saturated heterocycles. The zero-order valence-electron chi connectivity index (χ0n) is 10.9. The molecular weight excluding hydrogens is 216 g/mol. The average Bonchev–Trinajstić information content (AvgIpc) is 2.64. The van der Waals surface area contributed by atoms with Gasteiger partial charge in [-0.25, -0.2) is 0 Å². The molecule has 4 heteroatoms. The van der Waals surface area contributed by atoms with Crippen LogP contribution in [0.1, 0.15) is 64.1 Å². The Bertz CT molecular complexity index is 375. The fraction of sp³-hybridized carbons (Fsp3) is 0.846. The number of hydrogen-bond donors (Lipinski definition) is 1. The summed E-state index contributed by atoms with van der Waals surface area (Å²) in [4.78, 5) is 4.34. The predicted octanol–water partition coefficient (Wildman–Crippen LogP) is 2.68. The van der Waals surface area contributed by atoms with E-state index in [1.165, 1.54) is 6.42 Å². The first kappa shape index (κ1) is 12.6. The van der Waals surface area contributed by atoms with Gasteiger partial charge in [-0.2, -0.15) is 4.98 Å². The number of rotatable bonds is 3. The third-order valence-electron chi connectivity index (χ3n) is 3.55. The molecule has 2 rings (SSSR count). The zero-order valence-corrected chi connectivity index (χ0v) is 10.9. The fourth-order valence-electron chi connectivity index (χ4n) is 2.65. The Balaban J connectivity index is 2.03. The highest BCUT2D eigenvalue weighted by Crippen LogP contribution is 2.34. The highest BCUT2D eigenvalue weighted by Gasteiger charge is 2.34. The van der Waals surface area contributed by atoms with Crippen LogP contribution in [0.25, 0.3) is 0 Å². The molecule has 0 amide bonds. The standard InChI is InChI=1S/C13H22N2O2/c1-9(2)12-14-11(17-15-12)8-13(16)6-4-5-10(3)7-13/h9-10,16H,4-8H2,1-3H3. The van der Waals surface area contributed by atoms with Crippen molar-refractivity contribution in [2.75, 3.05) is 0 Å². The molecule has 1 aromatic heterocycles. The third kappa shape index (κ3) is 3.06. The molecule has 0 spiro atoms. The minimum absolute atomic E-state index is 0.271. The van der Waals surface area contributed by atoms with Crippen molar-refractivity contribution in [1.29, 1.82) is 0 Å². The van der Waals surface area contributed by atoms with Gasteiger partial charge in [-0.3, -0.25) is 0 Å². The van der Waals surface area contributed by atoms with E-state index in [0.717, 1.165) is 25.1 Å². The van der Waals surface area contributed by atoms with Crippen LogP contribution in [0.2, 0.25) is 0 Å². The van der Waals surface area contributed by atoms with Gasteiger partial charge < -0.3 is 9.63 Å². The van der Waals surface area contributed by atoms with Crippen molar-refractivity contribution in [3.63, 3.8) is 0 Å². The first-order chi connectivity index (χ1) is 7.98. The molecule has 1 aliphatic carbocycles. The lowest BCUT2D eigenvalue weighted by Gasteiger charge is -2.34. The molecule has 1 saturated carbocycles. The van der Waals surface area contributed by atoms with Gasteiger partial charge in [0.1, 0.15) is 0 Å². The highest BCUT2D eigenvalue weighted by molar-refractivity contribution is 4.97. The van der Waals surface area contributed by atoms with Crippen LogP contribution in [0, 0.1) is 5.92 Å². The topological polar surface area (TPSA) is 59.2 Å². The molecule has 0 aliphatic heterocycles. The molecule has 4 nitrogen and oxygen atoms in total. The second-order valence-electron chi connectivity index (χ2n) is 5.80. The summed E-state index contributed by atoms with van der Waals surface area (Å²) in [5, 5.41) is 14.4. The summed E-state index contributed by atoms with van der Waals surface area (Å²) in [5.74, 6) is 2.16. The van der Waals surface area contributed by atoms with Crippen LogP contribution in [0.5, 0.6) is 0 Å². The summed E-state index contributed by atoms with van der Waals surface area (Å²) in [5.41, 5.74) is -0.640. The van der Waals surface area contributed by atoms with Crippen LogP contribution in [-0.2, 0) is 6.42 Å². The van der Waals surface area contributed by atoms with E-state index in [4.69, 9.17) is 4.52 Å². The summed E-state index contributed by atoms with van der Waals surface area (Å²) in [6, 6.07) is 0. The van der Waals surface area contributed by atoms with Gasteiger partial charge in [0, 0.05) is 5.92 Å². The Kier molecular flexibility index (Phi) is 3.52. The van der Waals surface area contributed by atoms with Gasteiger partial charge in [-0.1, -0.05) is 38.8 Å². The van der Waals surface area contributed by atoms with Crippen molar-refractivity contribution in [2.24, 2.45) is 5.92 Å². The van der Waals surface area contributed by atoms with Crippen molar-refractivity contribution in [1.82, 2.24) is 10.1 Å². The van der Waals surface area contributed by atoms with Crippen LogP contribution < -0.4 is 0 Å². The lowest BCUT2D eigenvalue weighted by molar-refractivity contribution is -0.0180. The molecule has 2 unspecified atom stereocenters. The molecule has 1 fully saturated rings. The smallest absolute Gasteiger partial charge is 0.229 e. The third-order valence-corrected chi connectivity index (χ3v) is 3.55. The Labute approximate surface area is 102 Å². The molecule has 96 valence electrons. The minimum Gasteiger partial charge on any atom is -0.389 e. The summed E-state index contributed by atoms with van der Waals surface area (Å²) in [6.07, 6.45) is 4.48. The largest absolute Gasteiger partial charge is 0.389 e. The molecule has 0 bridgehead atoms. The Hall–Kier alpha value is -0.900. The molecular formula is C13H22N2O2. The van der Waals surface area contributed by atoms with Gasteiger partial charge in [0.05, 0.1) is 12.0 Å². The van der Waals surface area contributed by atoms with E-state index < -0.39 is 5.60 Å². The fourth-order valence-corrected chi connectivity index (χ4v) is 2.65. The number of aromatic nitrogens is 2. The maximum atomic E-state index is 10.5. The second-order valence-corrected chi connectivity index (χ2v) is 5.80. The van der Waals surface area contributed by atoms with E-state index in [1.54, 1.807) is 0 Å². The number of hydrogen-bond acceptors (Lipinski definition) is 4. The lowest BCUT2D eigenvalue weighted by Crippen LogP contribution is -2.36. The quantitative estimate of drug-likeness (QED) is 0.879. The van der Waals surface area contributed by atoms with Crippen molar-refractivity contribution in [3.05, 3.63) is 11.7 Å². The van der Waals surface area contributed by atoms with Gasteiger partial charge in [0.2, 0.25) is 5.89 Å². The zero-order chi connectivity index (χ0) is 12.5. The monoisotopic (exact) mass is 238 g/mol. The molecule has 1 aromatic rings. The van der Waals surface area contributed by atoms with Crippen molar-refractivity contribution < 1.29 is 9.63 Å². The van der Waals surface area contributed by atoms with Gasteiger partial charge in [-0.15, -0.1) is 0 Å². The first-order valence-electron chi connectivity index (χ1n) is 6.53. The van der Waals surface area contributed by atoms with Crippen LogP contribution in [-0.4, -0.2) is 20.8 Å². The van der Waals surface area contributed by atoms with Crippen LogP contribution >= 0.6 is 0 Å². The molecule has 1 heterocycles. The second kappa shape index (κ2) is 4.77. The Morgan fingerprint density at radius 3 is 2.88 bits per heavy atom. The van der Waals surface area contributed by atoms with Crippen molar-refractivity contribution in [3.8, 4) is 0 Å². The van der Waals surface area contributed by atoms with Crippen molar-refractivity contribution in [2.45, 2.75) is 64.4 Å². The maximum Gasteiger partial charge on any atom is 0.229 e. The van der Waals surface area contributed by atoms with Crippen LogP contribution in [0.4, 0.5) is 0 Å². The van der Waals surface area contributed by atoms with E-state index in [2.05, 4.69) is 17.1 Å². The van der Waals surface area contributed by atoms with Gasteiger partial charge in [-0.05, 0) is 18.8 Å².